The molecule has 0 N–H and O–H groups in total. The molecule has 0 fully saturated rings. The van der Waals surface area contributed by atoms with Crippen LogP contribution in [0.15, 0.2) is 133 Å². The molecule has 2 aliphatic rings. The molecule has 392 valence electrons. The van der Waals surface area contributed by atoms with Gasteiger partial charge in [0.15, 0.2) is 0 Å². The fourth-order valence-electron chi connectivity index (χ4n) is 8.01. The van der Waals surface area contributed by atoms with Gasteiger partial charge in [0, 0.05) is 24.5 Å². The van der Waals surface area contributed by atoms with Crippen LogP contribution in [-0.4, -0.2) is 29.1 Å². The number of pyridine rings is 2. The predicted octanol–water partition coefficient (Wildman–Crippen LogP) is 16.3. The Hall–Kier alpha value is -6.00. The Kier molecular flexibility index (Phi) is 15.4. The van der Waals surface area contributed by atoms with Crippen molar-refractivity contribution in [2.24, 2.45) is 0 Å². The average molecular weight is 1160 g/mol. The van der Waals surface area contributed by atoms with Crippen LogP contribution in [0.3, 0.4) is 0 Å². The largest absolute Gasteiger partial charge is 2.00 e. The number of aryl methyl sites for hydroxylation is 4. The van der Waals surface area contributed by atoms with E-state index in [1.807, 2.05) is 38.1 Å². The van der Waals surface area contributed by atoms with Gasteiger partial charge in [0.2, 0.25) is 13.3 Å². The smallest absolute Gasteiger partial charge is 2.00 e. The summed E-state index contributed by atoms with van der Waals surface area (Å²) in [5, 5.41) is 0. The van der Waals surface area contributed by atoms with Crippen molar-refractivity contribution >= 4 is 60.4 Å². The van der Waals surface area contributed by atoms with E-state index in [9.17, 15) is 50.4 Å². The second kappa shape index (κ2) is 20.0. The first kappa shape index (κ1) is 56.3. The van der Waals surface area contributed by atoms with Crippen LogP contribution < -0.4 is 19.6 Å². The van der Waals surface area contributed by atoms with Crippen LogP contribution >= 0.6 is 15.6 Å². The topological polar surface area (TPSA) is 74.4 Å². The molecule has 10 nitrogen and oxygen atoms in total. The second-order valence-corrected chi connectivity index (χ2v) is 20.3. The molecular weight excluding hydrogens is 1110 g/mol. The molecule has 6 heterocycles. The van der Waals surface area contributed by atoms with Gasteiger partial charge in [-0.25, -0.2) is 9.97 Å². The van der Waals surface area contributed by atoms with Gasteiger partial charge in [0.1, 0.15) is 11.6 Å². The number of imidazole rings is 2. The molecule has 0 saturated heterocycles. The molecule has 2 aliphatic heterocycles. The van der Waals surface area contributed by atoms with E-state index in [2.05, 4.69) is 175 Å². The van der Waals surface area contributed by atoms with Gasteiger partial charge in [0.25, 0.3) is 0 Å². The van der Waals surface area contributed by atoms with Crippen LogP contribution in [0.25, 0.3) is 22.1 Å². The van der Waals surface area contributed by atoms with Crippen LogP contribution in [0.4, 0.5) is 73.1 Å². The molecule has 10 rings (SSSR count). The third-order valence-corrected chi connectivity index (χ3v) is 10.6. The number of nitrogens with zero attached hydrogens (tertiary/aromatic N) is 10. The van der Waals surface area contributed by atoms with E-state index in [-0.39, 0.29) is 20.4 Å². The van der Waals surface area contributed by atoms with E-state index in [0.29, 0.717) is 26.2 Å². The zero-order valence-electron chi connectivity index (χ0n) is 39.2. The molecule has 0 bridgehead atoms. The number of benzene rings is 4. The standard InChI is InChI=1S/2C24H23N5.2F6P.Pd/c2*1-3-29-21-12-5-4-11-20(21)26-24(29)16-28-17-27(22-13-6-7-14-23(22)28)15-19-10-8-9-18(2)25-19;2*1-7(2,3,4,5)6;/h2*4-14H,3,15-16H2,1-2H3;;;/q;;2*-1;+2. The summed E-state index contributed by atoms with van der Waals surface area (Å²) in [6.07, 6.45) is 0. The molecule has 4 aromatic carbocycles. The number of fused-ring (bicyclic) bond motifs is 4. The first-order chi connectivity index (χ1) is 33.3. The molecule has 4 aromatic heterocycles. The molecule has 0 spiro atoms. The third-order valence-electron chi connectivity index (χ3n) is 10.6. The van der Waals surface area contributed by atoms with E-state index in [0.717, 1.165) is 81.3 Å². The molecule has 0 atom stereocenters. The van der Waals surface area contributed by atoms with Gasteiger partial charge >= 0.3 is 86.4 Å². The minimum absolute atomic E-state index is 0. The van der Waals surface area contributed by atoms with Gasteiger partial charge in [0.05, 0.1) is 82.4 Å². The van der Waals surface area contributed by atoms with E-state index < -0.39 is 15.6 Å². The van der Waals surface area contributed by atoms with Gasteiger partial charge < -0.3 is 28.7 Å². The molecular formula is C48H46F12N10P2Pd. The van der Waals surface area contributed by atoms with Crippen molar-refractivity contribution in [1.29, 1.82) is 0 Å². The van der Waals surface area contributed by atoms with Gasteiger partial charge in [-0.05, 0) is 100 Å². The first-order valence-corrected chi connectivity index (χ1v) is 26.1. The van der Waals surface area contributed by atoms with Crippen LogP contribution in [0, 0.1) is 27.2 Å². The predicted molar refractivity (Wildman–Crippen MR) is 260 cm³/mol. The maximum Gasteiger partial charge on any atom is 2.00 e. The van der Waals surface area contributed by atoms with Gasteiger partial charge in [-0.2, -0.15) is 0 Å². The Morgan fingerprint density at radius 1 is 0.384 bits per heavy atom. The van der Waals surface area contributed by atoms with Crippen molar-refractivity contribution in [3.63, 3.8) is 0 Å². The summed E-state index contributed by atoms with van der Waals surface area (Å²) >= 11 is 0. The molecule has 0 unspecified atom stereocenters. The fourth-order valence-corrected chi connectivity index (χ4v) is 8.01. The minimum Gasteiger partial charge on any atom is 2.00 e. The van der Waals surface area contributed by atoms with Gasteiger partial charge in [-0.15, -0.1) is 0 Å². The quantitative estimate of drug-likeness (QED) is 0.0762. The Morgan fingerprint density at radius 3 is 0.973 bits per heavy atom. The zero-order chi connectivity index (χ0) is 52.4. The third kappa shape index (κ3) is 17.0. The van der Waals surface area contributed by atoms with Crippen molar-refractivity contribution in [2.75, 3.05) is 19.6 Å². The van der Waals surface area contributed by atoms with Crippen molar-refractivity contribution < 1.29 is 70.8 Å². The molecule has 73 heavy (non-hydrogen) atoms. The molecule has 0 aliphatic carbocycles. The summed E-state index contributed by atoms with van der Waals surface area (Å²) in [5.41, 5.74) is 13.2. The van der Waals surface area contributed by atoms with Gasteiger partial charge in [-0.1, -0.05) is 60.7 Å². The number of hydrogen-bond donors (Lipinski definition) is 0. The number of hydrogen-bond acceptors (Lipinski definition) is 8. The number of rotatable bonds is 10. The van der Waals surface area contributed by atoms with Crippen molar-refractivity contribution in [2.45, 2.75) is 67.0 Å². The zero-order valence-corrected chi connectivity index (χ0v) is 42.5. The van der Waals surface area contributed by atoms with Crippen LogP contribution in [-0.2, 0) is 59.7 Å². The van der Waals surface area contributed by atoms with E-state index in [4.69, 9.17) is 9.97 Å². The summed E-state index contributed by atoms with van der Waals surface area (Å²) in [4.78, 5) is 27.7. The summed E-state index contributed by atoms with van der Waals surface area (Å²) in [7, 11) is -21.3. The Morgan fingerprint density at radius 2 is 0.671 bits per heavy atom. The summed E-state index contributed by atoms with van der Waals surface area (Å²) < 4.78 is 123. The van der Waals surface area contributed by atoms with Crippen molar-refractivity contribution in [1.82, 2.24) is 29.1 Å². The van der Waals surface area contributed by atoms with Crippen molar-refractivity contribution in [3.05, 3.63) is 181 Å². The SMILES string of the molecule is CCn1c(CN2[C]N(Cc3cccc(C)n3)c3ccccc32)nc2ccccc21.CCn1c(CN2[C]N(Cc3cccc(C)n3)c3ccccc32)nc2ccccc21.F[P-](F)(F)(F)(F)F.F[P-](F)(F)(F)(F)F.[Pd+2]. The average Bonchev–Trinajstić information content (AvgIpc) is 4.02. The maximum atomic E-state index is 9.87. The molecule has 0 saturated carbocycles. The summed E-state index contributed by atoms with van der Waals surface area (Å²) in [6.45, 7) is 20.0. The number of halogens is 12. The maximum absolute atomic E-state index is 10.7. The normalized spacial score (nSPS) is 15.0. The fraction of sp³-hybridized carbons (Fsp3) is 0.208. The minimum atomic E-state index is -10.7. The second-order valence-electron chi connectivity index (χ2n) is 16.5. The first-order valence-electron chi connectivity index (χ1n) is 22.0. The summed E-state index contributed by atoms with van der Waals surface area (Å²) in [5.74, 6) is 2.10. The van der Waals surface area contributed by atoms with Crippen LogP contribution in [0.2, 0.25) is 0 Å². The number of anilines is 4. The van der Waals surface area contributed by atoms with Crippen LogP contribution in [0.1, 0.15) is 48.3 Å². The molecule has 0 amide bonds. The van der Waals surface area contributed by atoms with Crippen LogP contribution in [0.5, 0.6) is 0 Å². The molecule has 25 heteroatoms. The number of aromatic nitrogens is 6. The number of para-hydroxylation sites is 8. The molecule has 8 aromatic rings. The monoisotopic (exact) mass is 1160 g/mol. The van der Waals surface area contributed by atoms with E-state index in [1.54, 1.807) is 0 Å². The van der Waals surface area contributed by atoms with E-state index >= 15 is 0 Å². The Labute approximate surface area is 426 Å². The van der Waals surface area contributed by atoms with Crippen molar-refractivity contribution in [3.8, 4) is 0 Å². The van der Waals surface area contributed by atoms with E-state index in [1.165, 1.54) is 11.0 Å². The Balaban J connectivity index is 0.000000187. The van der Waals surface area contributed by atoms with Gasteiger partial charge in [-0.3, -0.25) is 9.97 Å². The Bertz CT molecular complexity index is 2980. The molecule has 4 radical (unpaired) electrons. The summed E-state index contributed by atoms with van der Waals surface area (Å²) in [6, 6.07) is 45.8.